The van der Waals surface area contributed by atoms with Crippen LogP contribution in [0.1, 0.15) is 73.7 Å². The van der Waals surface area contributed by atoms with Crippen molar-refractivity contribution in [1.82, 2.24) is 35.3 Å². The molecule has 0 aromatic carbocycles. The van der Waals surface area contributed by atoms with Crippen LogP contribution in [-0.4, -0.2) is 41.4 Å². The molecular weight excluding hydrogens is 354 g/mol. The number of aromatic nitrogens is 6. The molecule has 4 saturated carbocycles. The van der Waals surface area contributed by atoms with E-state index in [9.17, 15) is 4.79 Å². The van der Waals surface area contributed by atoms with Gasteiger partial charge >= 0.3 is 0 Å². The van der Waals surface area contributed by atoms with Crippen LogP contribution >= 0.6 is 0 Å². The number of aryl methyl sites for hydroxylation is 2. The van der Waals surface area contributed by atoms with E-state index in [1.807, 2.05) is 23.3 Å². The average Bonchev–Trinajstić information content (AvgIpc) is 3.21. The maximum atomic E-state index is 13.2. The van der Waals surface area contributed by atoms with Crippen molar-refractivity contribution in [2.75, 3.05) is 0 Å². The first-order chi connectivity index (χ1) is 13.4. The van der Waals surface area contributed by atoms with E-state index in [0.717, 1.165) is 50.8 Å². The zero-order chi connectivity index (χ0) is 19.5. The molecule has 0 saturated heterocycles. The lowest BCUT2D eigenvalue weighted by Crippen LogP contribution is -2.66. The SMILES string of the molecule is CCCn1ncc(C(=O)NC23CC4CC(C2)CC(n2nnc(C)n2)(C4)C3)c1C. The van der Waals surface area contributed by atoms with Crippen LogP contribution in [0.5, 0.6) is 0 Å². The molecule has 8 nitrogen and oxygen atoms in total. The monoisotopic (exact) mass is 383 g/mol. The van der Waals surface area contributed by atoms with Crippen LogP contribution in [0, 0.1) is 25.7 Å². The van der Waals surface area contributed by atoms with Crippen LogP contribution in [0.15, 0.2) is 6.20 Å². The third-order valence-corrected chi connectivity index (χ3v) is 7.13. The summed E-state index contributed by atoms with van der Waals surface area (Å²) >= 11 is 0. The molecule has 2 aromatic heterocycles. The molecule has 1 amide bonds. The van der Waals surface area contributed by atoms with Gasteiger partial charge in [0.25, 0.3) is 5.91 Å². The van der Waals surface area contributed by atoms with E-state index >= 15 is 0 Å². The number of nitrogens with zero attached hydrogens (tertiary/aromatic N) is 6. The predicted octanol–water partition coefficient (Wildman–Crippen LogP) is 2.37. The Hall–Kier alpha value is -2.25. The molecule has 2 atom stereocenters. The molecule has 0 aliphatic heterocycles. The lowest BCUT2D eigenvalue weighted by atomic mass is 9.50. The van der Waals surface area contributed by atoms with Crippen molar-refractivity contribution in [1.29, 1.82) is 0 Å². The first kappa shape index (κ1) is 17.8. The second-order valence-electron chi connectivity index (χ2n) is 9.41. The second kappa shape index (κ2) is 6.12. The first-order valence-corrected chi connectivity index (χ1v) is 10.5. The summed E-state index contributed by atoms with van der Waals surface area (Å²) in [4.78, 5) is 15.1. The van der Waals surface area contributed by atoms with Gasteiger partial charge in [-0.1, -0.05) is 6.92 Å². The molecule has 28 heavy (non-hydrogen) atoms. The fourth-order valence-corrected chi connectivity index (χ4v) is 6.49. The number of amides is 1. The highest BCUT2D eigenvalue weighted by Gasteiger charge is 2.60. The van der Waals surface area contributed by atoms with Gasteiger partial charge < -0.3 is 5.32 Å². The largest absolute Gasteiger partial charge is 0.346 e. The van der Waals surface area contributed by atoms with Crippen molar-refractivity contribution in [3.8, 4) is 0 Å². The molecule has 6 rings (SSSR count). The minimum absolute atomic E-state index is 0.0136. The Morgan fingerprint density at radius 2 is 2.00 bits per heavy atom. The zero-order valence-corrected chi connectivity index (χ0v) is 17.0. The molecule has 0 spiro atoms. The fourth-order valence-electron chi connectivity index (χ4n) is 6.49. The van der Waals surface area contributed by atoms with Gasteiger partial charge in [0.15, 0.2) is 5.82 Å². The Labute approximate surface area is 165 Å². The minimum atomic E-state index is -0.165. The Morgan fingerprint density at radius 1 is 1.25 bits per heavy atom. The first-order valence-electron chi connectivity index (χ1n) is 10.5. The third kappa shape index (κ3) is 2.68. The molecule has 2 aromatic rings. The van der Waals surface area contributed by atoms with E-state index < -0.39 is 0 Å². The molecular formula is C20H29N7O. The second-order valence-corrected chi connectivity index (χ2v) is 9.41. The molecule has 4 aliphatic rings. The van der Waals surface area contributed by atoms with Crippen LogP contribution in [0.2, 0.25) is 0 Å². The maximum absolute atomic E-state index is 13.2. The summed E-state index contributed by atoms with van der Waals surface area (Å²) in [5.74, 6) is 1.97. The van der Waals surface area contributed by atoms with Crippen LogP contribution < -0.4 is 5.32 Å². The molecule has 1 N–H and O–H groups in total. The minimum Gasteiger partial charge on any atom is -0.346 e. The van der Waals surface area contributed by atoms with E-state index in [4.69, 9.17) is 0 Å². The van der Waals surface area contributed by atoms with Crippen molar-refractivity contribution in [3.05, 3.63) is 23.3 Å². The van der Waals surface area contributed by atoms with E-state index in [-0.39, 0.29) is 17.0 Å². The highest BCUT2D eigenvalue weighted by Crippen LogP contribution is 2.60. The quantitative estimate of drug-likeness (QED) is 0.856. The topological polar surface area (TPSA) is 90.5 Å². The van der Waals surface area contributed by atoms with Gasteiger partial charge in [0, 0.05) is 17.8 Å². The van der Waals surface area contributed by atoms with Crippen LogP contribution in [0.4, 0.5) is 0 Å². The van der Waals surface area contributed by atoms with E-state index in [0.29, 0.717) is 23.2 Å². The van der Waals surface area contributed by atoms with Crippen molar-refractivity contribution < 1.29 is 4.79 Å². The van der Waals surface area contributed by atoms with Crippen molar-refractivity contribution in [2.24, 2.45) is 11.8 Å². The van der Waals surface area contributed by atoms with Crippen LogP contribution in [0.3, 0.4) is 0 Å². The normalized spacial score (nSPS) is 33.4. The van der Waals surface area contributed by atoms with Gasteiger partial charge in [-0.2, -0.15) is 9.90 Å². The Morgan fingerprint density at radius 3 is 2.64 bits per heavy atom. The summed E-state index contributed by atoms with van der Waals surface area (Å²) in [7, 11) is 0. The van der Waals surface area contributed by atoms with Crippen molar-refractivity contribution >= 4 is 5.91 Å². The summed E-state index contributed by atoms with van der Waals surface area (Å²) in [6.45, 7) is 6.84. The molecule has 2 unspecified atom stereocenters. The van der Waals surface area contributed by atoms with Crippen molar-refractivity contribution in [3.63, 3.8) is 0 Å². The summed E-state index contributed by atoms with van der Waals surface area (Å²) in [6, 6.07) is 0. The third-order valence-electron chi connectivity index (χ3n) is 7.13. The van der Waals surface area contributed by atoms with Gasteiger partial charge in [-0.15, -0.1) is 10.2 Å². The maximum Gasteiger partial charge on any atom is 0.255 e. The molecule has 2 heterocycles. The van der Waals surface area contributed by atoms with E-state index in [1.165, 1.54) is 6.42 Å². The summed E-state index contributed by atoms with van der Waals surface area (Å²) in [5.41, 5.74) is 1.39. The molecule has 8 heteroatoms. The summed E-state index contributed by atoms with van der Waals surface area (Å²) in [6.07, 6.45) is 9.22. The van der Waals surface area contributed by atoms with E-state index in [2.05, 4.69) is 32.7 Å². The number of nitrogens with one attached hydrogen (secondary N) is 1. The smallest absolute Gasteiger partial charge is 0.255 e. The van der Waals surface area contributed by atoms with Crippen LogP contribution in [-0.2, 0) is 12.1 Å². The number of carbonyl (C=O) groups is 1. The molecule has 4 fully saturated rings. The standard InChI is InChI=1S/C20H29N7O/c1-4-5-26-13(2)17(11-21-26)18(28)22-19-7-15-6-16(8-19)10-20(9-15,12-19)27-24-14(3)23-25-27/h11,15-16H,4-10,12H2,1-3H3,(H,22,28). The molecule has 150 valence electrons. The average molecular weight is 384 g/mol. The van der Waals surface area contributed by atoms with E-state index in [1.54, 1.807) is 6.20 Å². The van der Waals surface area contributed by atoms with Gasteiger partial charge in [0.1, 0.15) is 0 Å². The zero-order valence-electron chi connectivity index (χ0n) is 17.0. The molecule has 0 radical (unpaired) electrons. The number of tetrazole rings is 1. The highest BCUT2D eigenvalue weighted by atomic mass is 16.1. The number of rotatable bonds is 5. The number of hydrogen-bond donors (Lipinski definition) is 1. The lowest BCUT2D eigenvalue weighted by molar-refractivity contribution is -0.0811. The van der Waals surface area contributed by atoms with Gasteiger partial charge in [-0.3, -0.25) is 9.48 Å². The Bertz CT molecular complexity index is 900. The molecule has 4 aliphatic carbocycles. The van der Waals surface area contributed by atoms with Crippen LogP contribution in [0.25, 0.3) is 0 Å². The number of carbonyl (C=O) groups excluding carboxylic acids is 1. The lowest BCUT2D eigenvalue weighted by Gasteiger charge is -2.61. The summed E-state index contributed by atoms with van der Waals surface area (Å²) in [5, 5.41) is 20.9. The Balaban J connectivity index is 1.43. The Kier molecular flexibility index (Phi) is 3.90. The van der Waals surface area contributed by atoms with Gasteiger partial charge in [0.05, 0.1) is 17.3 Å². The molecule has 4 bridgehead atoms. The fraction of sp³-hybridized carbons (Fsp3) is 0.750. The highest BCUT2D eigenvalue weighted by molar-refractivity contribution is 5.95. The predicted molar refractivity (Wildman–Crippen MR) is 103 cm³/mol. The van der Waals surface area contributed by atoms with Gasteiger partial charge in [-0.25, -0.2) is 0 Å². The summed E-state index contributed by atoms with van der Waals surface area (Å²) < 4.78 is 1.93. The van der Waals surface area contributed by atoms with Crippen molar-refractivity contribution in [2.45, 2.75) is 83.3 Å². The van der Waals surface area contributed by atoms with Gasteiger partial charge in [-0.05, 0) is 75.8 Å². The number of hydrogen-bond acceptors (Lipinski definition) is 5. The van der Waals surface area contributed by atoms with Gasteiger partial charge in [0.2, 0.25) is 0 Å².